The molecule has 118 valence electrons. The monoisotopic (exact) mass is 299 g/mol. The molecule has 0 aliphatic heterocycles. The molecule has 2 unspecified atom stereocenters. The van der Waals surface area contributed by atoms with E-state index in [2.05, 4.69) is 5.32 Å². The molecule has 21 heavy (non-hydrogen) atoms. The Morgan fingerprint density at radius 1 is 1.10 bits per heavy atom. The normalized spacial score (nSPS) is 20.2. The van der Waals surface area contributed by atoms with Crippen LogP contribution < -0.4 is 5.32 Å². The van der Waals surface area contributed by atoms with Crippen molar-refractivity contribution < 1.29 is 13.2 Å². The highest BCUT2D eigenvalue weighted by molar-refractivity contribution is 5.20. The van der Waals surface area contributed by atoms with Crippen LogP contribution in [0.1, 0.15) is 57.1 Å². The first-order valence-corrected chi connectivity index (χ1v) is 7.83. The van der Waals surface area contributed by atoms with Gasteiger partial charge < -0.3 is 5.32 Å². The molecule has 1 N–H and O–H groups in total. The molecule has 1 nitrogen and oxygen atoms in total. The van der Waals surface area contributed by atoms with Crippen LogP contribution in [0.4, 0.5) is 13.2 Å². The molecule has 1 fully saturated rings. The first-order valence-electron chi connectivity index (χ1n) is 7.83. The second-order valence-corrected chi connectivity index (χ2v) is 6.17. The Kier molecular flexibility index (Phi) is 5.68. The third kappa shape index (κ3) is 5.34. The van der Waals surface area contributed by atoms with Gasteiger partial charge in [0.25, 0.3) is 0 Å². The predicted octanol–water partition coefficient (Wildman–Crippen LogP) is 5.24. The molecule has 0 bridgehead atoms. The molecule has 0 amide bonds. The zero-order chi connectivity index (χ0) is 15.3. The minimum absolute atomic E-state index is 0.0313. The maximum Gasteiger partial charge on any atom is 0.390 e. The minimum atomic E-state index is -4.11. The number of benzene rings is 1. The summed E-state index contributed by atoms with van der Waals surface area (Å²) in [7, 11) is 0. The van der Waals surface area contributed by atoms with E-state index < -0.39 is 18.6 Å². The standard InChI is InChI=1S/C17H24F3N/c1-13(12-17(18,19)20)21-16(14-8-4-2-5-9-14)15-10-6-3-7-11-15/h2,4-5,8-9,13,15-16,21H,3,6-7,10-12H2,1H3. The smallest absolute Gasteiger partial charge is 0.307 e. The number of rotatable bonds is 5. The first-order chi connectivity index (χ1) is 9.96. The average molecular weight is 299 g/mol. The van der Waals surface area contributed by atoms with E-state index in [0.717, 1.165) is 18.4 Å². The van der Waals surface area contributed by atoms with Crippen molar-refractivity contribution in [1.29, 1.82) is 0 Å². The van der Waals surface area contributed by atoms with Gasteiger partial charge in [-0.3, -0.25) is 0 Å². The lowest BCUT2D eigenvalue weighted by molar-refractivity contribution is -0.139. The topological polar surface area (TPSA) is 12.0 Å². The third-order valence-corrected chi connectivity index (χ3v) is 4.28. The SMILES string of the molecule is CC(CC(F)(F)F)NC(c1ccccc1)C1CCCCC1. The Labute approximate surface area is 124 Å². The zero-order valence-electron chi connectivity index (χ0n) is 12.5. The van der Waals surface area contributed by atoms with E-state index in [1.165, 1.54) is 19.3 Å². The Morgan fingerprint density at radius 2 is 1.71 bits per heavy atom. The molecular formula is C17H24F3N. The van der Waals surface area contributed by atoms with Crippen LogP contribution in [0.5, 0.6) is 0 Å². The van der Waals surface area contributed by atoms with Crippen molar-refractivity contribution in [2.75, 3.05) is 0 Å². The highest BCUT2D eigenvalue weighted by Crippen LogP contribution is 2.35. The Morgan fingerprint density at radius 3 is 2.29 bits per heavy atom. The Bertz CT molecular complexity index is 410. The summed E-state index contributed by atoms with van der Waals surface area (Å²) in [6.07, 6.45) is 0.933. The predicted molar refractivity (Wildman–Crippen MR) is 79.0 cm³/mol. The molecule has 1 aliphatic carbocycles. The maximum absolute atomic E-state index is 12.6. The van der Waals surface area contributed by atoms with Gasteiger partial charge in [0.2, 0.25) is 0 Å². The van der Waals surface area contributed by atoms with Gasteiger partial charge in [0.1, 0.15) is 0 Å². The van der Waals surface area contributed by atoms with Gasteiger partial charge >= 0.3 is 6.18 Å². The molecule has 1 aromatic carbocycles. The average Bonchev–Trinajstić information content (AvgIpc) is 2.45. The van der Waals surface area contributed by atoms with Crippen LogP contribution in [0, 0.1) is 5.92 Å². The van der Waals surface area contributed by atoms with Gasteiger partial charge in [-0.2, -0.15) is 13.2 Å². The molecular weight excluding hydrogens is 275 g/mol. The van der Waals surface area contributed by atoms with Crippen molar-refractivity contribution in [2.24, 2.45) is 5.92 Å². The lowest BCUT2D eigenvalue weighted by Crippen LogP contribution is -2.38. The Balaban J connectivity index is 2.08. The van der Waals surface area contributed by atoms with Crippen molar-refractivity contribution >= 4 is 0 Å². The molecule has 0 radical (unpaired) electrons. The van der Waals surface area contributed by atoms with Crippen LogP contribution in [0.15, 0.2) is 30.3 Å². The van der Waals surface area contributed by atoms with Crippen LogP contribution in [0.25, 0.3) is 0 Å². The van der Waals surface area contributed by atoms with Crippen molar-refractivity contribution in [2.45, 2.75) is 63.7 Å². The van der Waals surface area contributed by atoms with E-state index in [1.807, 2.05) is 30.3 Å². The number of nitrogens with one attached hydrogen (secondary N) is 1. The second-order valence-electron chi connectivity index (χ2n) is 6.17. The molecule has 0 heterocycles. The summed E-state index contributed by atoms with van der Waals surface area (Å²) in [4.78, 5) is 0. The number of hydrogen-bond acceptors (Lipinski definition) is 1. The summed E-state index contributed by atoms with van der Waals surface area (Å²) >= 11 is 0. The third-order valence-electron chi connectivity index (χ3n) is 4.28. The largest absolute Gasteiger partial charge is 0.390 e. The Hall–Kier alpha value is -1.03. The van der Waals surface area contributed by atoms with Crippen LogP contribution in [0.2, 0.25) is 0 Å². The van der Waals surface area contributed by atoms with E-state index in [9.17, 15) is 13.2 Å². The number of halogens is 3. The molecule has 0 saturated heterocycles. The summed E-state index contributed by atoms with van der Waals surface area (Å²) in [5, 5.41) is 3.24. The van der Waals surface area contributed by atoms with E-state index in [4.69, 9.17) is 0 Å². The molecule has 2 rings (SSSR count). The molecule has 0 aromatic heterocycles. The van der Waals surface area contributed by atoms with Crippen LogP contribution in [0.3, 0.4) is 0 Å². The van der Waals surface area contributed by atoms with Crippen LogP contribution >= 0.6 is 0 Å². The molecule has 2 atom stereocenters. The van der Waals surface area contributed by atoms with Gasteiger partial charge in [0.05, 0.1) is 6.42 Å². The lowest BCUT2D eigenvalue weighted by atomic mass is 9.81. The molecule has 0 spiro atoms. The fourth-order valence-electron chi connectivity index (χ4n) is 3.34. The van der Waals surface area contributed by atoms with Gasteiger partial charge in [-0.05, 0) is 31.2 Å². The molecule has 1 aliphatic rings. The van der Waals surface area contributed by atoms with Gasteiger partial charge in [-0.1, -0.05) is 49.6 Å². The summed E-state index contributed by atoms with van der Waals surface area (Å²) in [5.41, 5.74) is 1.11. The first kappa shape index (κ1) is 16.3. The van der Waals surface area contributed by atoms with Gasteiger partial charge in [0, 0.05) is 12.1 Å². The molecule has 4 heteroatoms. The van der Waals surface area contributed by atoms with Crippen LogP contribution in [-0.2, 0) is 0 Å². The fraction of sp³-hybridized carbons (Fsp3) is 0.647. The van der Waals surface area contributed by atoms with E-state index >= 15 is 0 Å². The molecule has 1 saturated carbocycles. The summed E-state index contributed by atoms with van der Waals surface area (Å²) in [6, 6.07) is 9.38. The maximum atomic E-state index is 12.6. The summed E-state index contributed by atoms with van der Waals surface area (Å²) in [6.45, 7) is 1.63. The highest BCUT2D eigenvalue weighted by atomic mass is 19.4. The lowest BCUT2D eigenvalue weighted by Gasteiger charge is -2.34. The summed E-state index contributed by atoms with van der Waals surface area (Å²) < 4.78 is 37.7. The summed E-state index contributed by atoms with van der Waals surface area (Å²) in [5.74, 6) is 0.442. The van der Waals surface area contributed by atoms with Crippen molar-refractivity contribution in [3.05, 3.63) is 35.9 Å². The van der Waals surface area contributed by atoms with Gasteiger partial charge in [-0.25, -0.2) is 0 Å². The van der Waals surface area contributed by atoms with E-state index in [-0.39, 0.29) is 6.04 Å². The second kappa shape index (κ2) is 7.30. The fourth-order valence-corrected chi connectivity index (χ4v) is 3.34. The molecule has 1 aromatic rings. The zero-order valence-corrected chi connectivity index (χ0v) is 12.5. The highest BCUT2D eigenvalue weighted by Gasteiger charge is 2.32. The van der Waals surface area contributed by atoms with E-state index in [0.29, 0.717) is 5.92 Å². The van der Waals surface area contributed by atoms with Crippen molar-refractivity contribution in [1.82, 2.24) is 5.32 Å². The van der Waals surface area contributed by atoms with Gasteiger partial charge in [0.15, 0.2) is 0 Å². The van der Waals surface area contributed by atoms with Crippen molar-refractivity contribution in [3.63, 3.8) is 0 Å². The number of alkyl halides is 3. The van der Waals surface area contributed by atoms with Gasteiger partial charge in [-0.15, -0.1) is 0 Å². The quantitative estimate of drug-likeness (QED) is 0.784. The van der Waals surface area contributed by atoms with E-state index in [1.54, 1.807) is 6.92 Å². The van der Waals surface area contributed by atoms with Crippen LogP contribution in [-0.4, -0.2) is 12.2 Å². The number of hydrogen-bond donors (Lipinski definition) is 1. The minimum Gasteiger partial charge on any atom is -0.307 e. The van der Waals surface area contributed by atoms with Crippen molar-refractivity contribution in [3.8, 4) is 0 Å².